The second kappa shape index (κ2) is 10.9. The molecule has 1 aliphatic rings. The Morgan fingerprint density at radius 3 is 2.23 bits per heavy atom. The van der Waals surface area contributed by atoms with Gasteiger partial charge in [0, 0.05) is 0 Å². The molecule has 1 rings (SSSR count). The molecule has 152 valence electrons. The normalized spacial score (nSPS) is 25.2. The van der Waals surface area contributed by atoms with Crippen molar-refractivity contribution in [1.82, 2.24) is 0 Å². The summed E-state index contributed by atoms with van der Waals surface area (Å²) in [6.07, 6.45) is 10.8. The zero-order valence-corrected chi connectivity index (χ0v) is 17.3. The summed E-state index contributed by atoms with van der Waals surface area (Å²) in [5.41, 5.74) is 0.306. The molecule has 1 fully saturated rings. The van der Waals surface area contributed by atoms with E-state index in [1.54, 1.807) is 0 Å². The van der Waals surface area contributed by atoms with E-state index < -0.39 is 17.9 Å². The van der Waals surface area contributed by atoms with Crippen LogP contribution in [0.2, 0.25) is 0 Å². The summed E-state index contributed by atoms with van der Waals surface area (Å²) >= 11 is 0. The highest BCUT2D eigenvalue weighted by Crippen LogP contribution is 2.46. The van der Waals surface area contributed by atoms with Gasteiger partial charge in [0.25, 0.3) is 0 Å². The van der Waals surface area contributed by atoms with E-state index in [1.165, 1.54) is 38.5 Å². The summed E-state index contributed by atoms with van der Waals surface area (Å²) in [5, 5.41) is 18.6. The van der Waals surface area contributed by atoms with Gasteiger partial charge < -0.3 is 10.2 Å². The van der Waals surface area contributed by atoms with E-state index in [0.29, 0.717) is 29.6 Å². The Labute approximate surface area is 159 Å². The predicted molar refractivity (Wildman–Crippen MR) is 105 cm³/mol. The van der Waals surface area contributed by atoms with Crippen LogP contribution in [0, 0.1) is 29.1 Å². The van der Waals surface area contributed by atoms with Crippen LogP contribution < -0.4 is 0 Å². The molecule has 2 N–H and O–H groups in total. The number of hydrogen-bond donors (Lipinski definition) is 2. The Morgan fingerprint density at radius 1 is 1.04 bits per heavy atom. The van der Waals surface area contributed by atoms with Crippen LogP contribution in [0.5, 0.6) is 0 Å². The lowest BCUT2D eigenvalue weighted by Crippen LogP contribution is -2.28. The molecule has 0 heterocycles. The van der Waals surface area contributed by atoms with E-state index in [0.717, 1.165) is 19.3 Å². The molecule has 26 heavy (non-hydrogen) atoms. The molecule has 4 unspecified atom stereocenters. The van der Waals surface area contributed by atoms with Crippen LogP contribution in [0.1, 0.15) is 98.3 Å². The standard InChI is InChI=1S/C22H40O4/c1-5-7-9-16(8-6-2)19-11-13-22(3,4)12-10-17(19)14-18(21(25)26)15-20(23)24/h16-19H,5-15H2,1-4H3,(H,23,24)(H,25,26). The summed E-state index contributed by atoms with van der Waals surface area (Å²) in [5.74, 6) is -1.17. The Morgan fingerprint density at radius 2 is 1.69 bits per heavy atom. The van der Waals surface area contributed by atoms with Crippen LogP contribution in [-0.2, 0) is 9.59 Å². The molecule has 0 saturated heterocycles. The molecule has 0 aromatic rings. The number of rotatable bonds is 11. The van der Waals surface area contributed by atoms with E-state index >= 15 is 0 Å². The van der Waals surface area contributed by atoms with Crippen molar-refractivity contribution in [2.24, 2.45) is 29.1 Å². The molecule has 0 spiro atoms. The third kappa shape index (κ3) is 7.67. The van der Waals surface area contributed by atoms with E-state index in [-0.39, 0.29) is 6.42 Å². The van der Waals surface area contributed by atoms with Crippen molar-refractivity contribution in [3.63, 3.8) is 0 Å². The Bertz CT molecular complexity index is 443. The minimum absolute atomic E-state index is 0.255. The minimum atomic E-state index is -1.00. The molecule has 0 aliphatic heterocycles. The van der Waals surface area contributed by atoms with Crippen LogP contribution in [0.4, 0.5) is 0 Å². The first-order valence-corrected chi connectivity index (χ1v) is 10.6. The maximum absolute atomic E-state index is 11.6. The van der Waals surface area contributed by atoms with Crippen LogP contribution >= 0.6 is 0 Å². The quantitative estimate of drug-likeness (QED) is 0.439. The first-order valence-electron chi connectivity index (χ1n) is 10.6. The zero-order valence-electron chi connectivity index (χ0n) is 17.3. The van der Waals surface area contributed by atoms with Gasteiger partial charge in [-0.25, -0.2) is 0 Å². The van der Waals surface area contributed by atoms with Gasteiger partial charge in [-0.2, -0.15) is 0 Å². The largest absolute Gasteiger partial charge is 0.481 e. The number of carboxylic acid groups (broad SMARTS) is 2. The first-order chi connectivity index (χ1) is 12.2. The Hall–Kier alpha value is -1.06. The lowest BCUT2D eigenvalue weighted by molar-refractivity contribution is -0.149. The van der Waals surface area contributed by atoms with E-state index in [4.69, 9.17) is 5.11 Å². The van der Waals surface area contributed by atoms with Crippen LogP contribution in [0.3, 0.4) is 0 Å². The minimum Gasteiger partial charge on any atom is -0.481 e. The first kappa shape index (κ1) is 23.0. The van der Waals surface area contributed by atoms with Gasteiger partial charge in [-0.15, -0.1) is 0 Å². The lowest BCUT2D eigenvalue weighted by Gasteiger charge is -2.34. The summed E-state index contributed by atoms with van der Waals surface area (Å²) in [6, 6.07) is 0. The molecule has 0 bridgehead atoms. The topological polar surface area (TPSA) is 74.6 Å². The molecule has 0 radical (unpaired) electrons. The zero-order chi connectivity index (χ0) is 19.7. The van der Waals surface area contributed by atoms with E-state index in [9.17, 15) is 14.7 Å². The van der Waals surface area contributed by atoms with Crippen molar-refractivity contribution in [3.8, 4) is 0 Å². The van der Waals surface area contributed by atoms with Crippen LogP contribution in [-0.4, -0.2) is 22.2 Å². The number of aliphatic carboxylic acids is 2. The van der Waals surface area contributed by atoms with Gasteiger partial charge >= 0.3 is 11.9 Å². The fraction of sp³-hybridized carbons (Fsp3) is 0.909. The Balaban J connectivity index is 3.00. The molecule has 4 atom stereocenters. The fourth-order valence-electron chi connectivity index (χ4n) is 4.88. The maximum Gasteiger partial charge on any atom is 0.307 e. The number of hydrogen-bond acceptors (Lipinski definition) is 2. The molecule has 4 nitrogen and oxygen atoms in total. The number of carboxylic acids is 2. The molecular weight excluding hydrogens is 328 g/mol. The molecular formula is C22H40O4. The monoisotopic (exact) mass is 368 g/mol. The van der Waals surface area contributed by atoms with E-state index in [1.807, 2.05) is 0 Å². The Kier molecular flexibility index (Phi) is 9.67. The van der Waals surface area contributed by atoms with Gasteiger partial charge in [-0.1, -0.05) is 59.8 Å². The number of unbranched alkanes of at least 4 members (excludes halogenated alkanes) is 1. The molecule has 0 aromatic heterocycles. The molecule has 0 amide bonds. The van der Waals surface area contributed by atoms with Gasteiger partial charge in [0.15, 0.2) is 0 Å². The fourth-order valence-corrected chi connectivity index (χ4v) is 4.88. The van der Waals surface area contributed by atoms with Gasteiger partial charge in [0.1, 0.15) is 0 Å². The predicted octanol–water partition coefficient (Wildman–Crippen LogP) is 5.99. The third-order valence-corrected chi connectivity index (χ3v) is 6.50. The molecule has 0 aromatic carbocycles. The van der Waals surface area contributed by atoms with Crippen molar-refractivity contribution >= 4 is 11.9 Å². The third-order valence-electron chi connectivity index (χ3n) is 6.50. The van der Waals surface area contributed by atoms with Crippen LogP contribution in [0.15, 0.2) is 0 Å². The highest BCUT2D eigenvalue weighted by molar-refractivity contribution is 5.77. The summed E-state index contributed by atoms with van der Waals surface area (Å²) in [7, 11) is 0. The lowest BCUT2D eigenvalue weighted by atomic mass is 9.71. The average molecular weight is 369 g/mol. The average Bonchev–Trinajstić information content (AvgIpc) is 2.69. The second-order valence-corrected chi connectivity index (χ2v) is 9.23. The maximum atomic E-state index is 11.6. The highest BCUT2D eigenvalue weighted by Gasteiger charge is 2.37. The summed E-state index contributed by atoms with van der Waals surface area (Å²) < 4.78 is 0. The SMILES string of the molecule is CCCCC(CCC)C1CCC(C)(C)CCC1CC(CC(=O)O)C(=O)O. The molecule has 4 heteroatoms. The summed E-state index contributed by atoms with van der Waals surface area (Å²) in [6.45, 7) is 9.10. The van der Waals surface area contributed by atoms with Crippen molar-refractivity contribution in [3.05, 3.63) is 0 Å². The van der Waals surface area contributed by atoms with Crippen molar-refractivity contribution in [2.45, 2.75) is 98.3 Å². The summed E-state index contributed by atoms with van der Waals surface area (Å²) in [4.78, 5) is 22.8. The van der Waals surface area contributed by atoms with Crippen molar-refractivity contribution in [1.29, 1.82) is 0 Å². The van der Waals surface area contributed by atoms with Gasteiger partial charge in [0.05, 0.1) is 12.3 Å². The number of carbonyl (C=O) groups is 2. The van der Waals surface area contributed by atoms with Gasteiger partial charge in [-0.3, -0.25) is 9.59 Å². The second-order valence-electron chi connectivity index (χ2n) is 9.23. The highest BCUT2D eigenvalue weighted by atomic mass is 16.4. The van der Waals surface area contributed by atoms with Crippen molar-refractivity contribution in [2.75, 3.05) is 0 Å². The smallest absolute Gasteiger partial charge is 0.307 e. The van der Waals surface area contributed by atoms with Crippen LogP contribution in [0.25, 0.3) is 0 Å². The molecule has 1 aliphatic carbocycles. The molecule has 1 saturated carbocycles. The van der Waals surface area contributed by atoms with Gasteiger partial charge in [0.2, 0.25) is 0 Å². The van der Waals surface area contributed by atoms with Gasteiger partial charge in [-0.05, 0) is 55.3 Å². The van der Waals surface area contributed by atoms with Crippen molar-refractivity contribution < 1.29 is 19.8 Å². The van der Waals surface area contributed by atoms with E-state index in [2.05, 4.69) is 27.7 Å².